The number of benzene rings is 2. The maximum atomic E-state index is 14.0. The molecule has 2 unspecified atom stereocenters. The van der Waals surface area contributed by atoms with Gasteiger partial charge in [-0.05, 0) is 48.7 Å². The van der Waals surface area contributed by atoms with E-state index in [1.807, 2.05) is 0 Å². The molecule has 3 nitrogen and oxygen atoms in total. The molecule has 2 aromatic carbocycles. The van der Waals surface area contributed by atoms with Crippen molar-refractivity contribution in [3.8, 4) is 0 Å². The first kappa shape index (κ1) is 22.0. The van der Waals surface area contributed by atoms with Gasteiger partial charge in [0, 0.05) is 12.0 Å². The van der Waals surface area contributed by atoms with E-state index in [1.165, 1.54) is 12.1 Å². The number of fused-ring (bicyclic) bond motifs is 2. The van der Waals surface area contributed by atoms with E-state index in [1.54, 1.807) is 12.1 Å². The number of nitrogens with zero attached hydrogens (tertiary/aromatic N) is 1. The minimum atomic E-state index is -4.63. The third-order valence-corrected chi connectivity index (χ3v) is 8.11. The van der Waals surface area contributed by atoms with Crippen LogP contribution >= 0.6 is 0 Å². The minimum absolute atomic E-state index is 0.0913. The number of hydrogen-bond donors (Lipinski definition) is 0. The molecule has 2 aliphatic rings. The van der Waals surface area contributed by atoms with Gasteiger partial charge in [0.25, 0.3) is 10.0 Å². The lowest BCUT2D eigenvalue weighted by atomic mass is 9.63. The van der Waals surface area contributed by atoms with Crippen molar-refractivity contribution >= 4 is 15.7 Å². The van der Waals surface area contributed by atoms with Gasteiger partial charge >= 0.3 is 12.4 Å². The number of hydrogen-bond acceptors (Lipinski definition) is 2. The Balaban J connectivity index is 1.80. The number of anilines is 1. The molecule has 0 bridgehead atoms. The van der Waals surface area contributed by atoms with Gasteiger partial charge in [-0.3, -0.25) is 4.31 Å². The van der Waals surface area contributed by atoms with Crippen LogP contribution in [0.15, 0.2) is 53.4 Å². The largest absolute Gasteiger partial charge is 0.416 e. The Labute approximate surface area is 175 Å². The Kier molecular flexibility index (Phi) is 5.07. The van der Waals surface area contributed by atoms with E-state index in [9.17, 15) is 34.8 Å². The van der Waals surface area contributed by atoms with E-state index in [0.29, 0.717) is 30.5 Å². The molecule has 1 saturated carbocycles. The molecule has 31 heavy (non-hydrogen) atoms. The summed E-state index contributed by atoms with van der Waals surface area (Å²) in [5, 5.41) is 0. The second-order valence-corrected chi connectivity index (χ2v) is 9.91. The lowest BCUT2D eigenvalue weighted by molar-refractivity contribution is -0.200. The van der Waals surface area contributed by atoms with Gasteiger partial charge < -0.3 is 0 Å². The van der Waals surface area contributed by atoms with Crippen molar-refractivity contribution in [3.05, 3.63) is 59.7 Å². The Morgan fingerprint density at radius 3 is 2.16 bits per heavy atom. The third kappa shape index (κ3) is 3.58. The zero-order chi connectivity index (χ0) is 22.7. The standard InChI is InChI=1S/C21H19F6NO2S/c22-20(23,24)14-8-10-15(11-9-14)31(29,30)28-13-19(16-5-1-2-6-17(16)28)12-4-3-7-18(19)21(25,26)27/h1-2,5-6,8-11,18H,3-4,7,12-13H2. The second-order valence-electron chi connectivity index (χ2n) is 8.05. The summed E-state index contributed by atoms with van der Waals surface area (Å²) in [6.45, 7) is -0.389. The molecule has 4 rings (SSSR count). The van der Waals surface area contributed by atoms with Crippen LogP contribution in [0.3, 0.4) is 0 Å². The number of rotatable bonds is 2. The highest BCUT2D eigenvalue weighted by Crippen LogP contribution is 2.57. The molecule has 0 amide bonds. The van der Waals surface area contributed by atoms with Crippen molar-refractivity contribution < 1.29 is 34.8 Å². The van der Waals surface area contributed by atoms with Gasteiger partial charge in [0.2, 0.25) is 0 Å². The van der Waals surface area contributed by atoms with E-state index in [2.05, 4.69) is 0 Å². The van der Waals surface area contributed by atoms with Crippen molar-refractivity contribution in [2.75, 3.05) is 10.8 Å². The smallest absolute Gasteiger partial charge is 0.265 e. The molecule has 0 radical (unpaired) electrons. The van der Waals surface area contributed by atoms with Gasteiger partial charge in [-0.1, -0.05) is 31.0 Å². The molecule has 1 aliphatic heterocycles. The van der Waals surface area contributed by atoms with Crippen LogP contribution in [0.5, 0.6) is 0 Å². The van der Waals surface area contributed by atoms with Gasteiger partial charge in [-0.25, -0.2) is 8.42 Å². The van der Waals surface area contributed by atoms with Gasteiger partial charge in [0.15, 0.2) is 0 Å². The quantitative estimate of drug-likeness (QED) is 0.520. The summed E-state index contributed by atoms with van der Waals surface area (Å²) in [5.41, 5.74) is -1.94. The first-order valence-electron chi connectivity index (χ1n) is 9.74. The summed E-state index contributed by atoms with van der Waals surface area (Å²) >= 11 is 0. The highest BCUT2D eigenvalue weighted by atomic mass is 32.2. The lowest BCUT2D eigenvalue weighted by Crippen LogP contribution is -2.49. The topological polar surface area (TPSA) is 37.4 Å². The molecule has 2 atom stereocenters. The van der Waals surface area contributed by atoms with Gasteiger partial charge in [-0.15, -0.1) is 0 Å². The number of halogens is 6. The van der Waals surface area contributed by atoms with Crippen molar-refractivity contribution in [3.63, 3.8) is 0 Å². The zero-order valence-corrected chi connectivity index (χ0v) is 17.0. The van der Waals surface area contributed by atoms with Crippen LogP contribution in [0.2, 0.25) is 0 Å². The maximum absolute atomic E-state index is 14.0. The monoisotopic (exact) mass is 463 g/mol. The Bertz CT molecular complexity index is 1080. The van der Waals surface area contributed by atoms with Crippen molar-refractivity contribution in [2.45, 2.75) is 48.3 Å². The summed E-state index contributed by atoms with van der Waals surface area (Å²) in [5.74, 6) is -1.69. The van der Waals surface area contributed by atoms with Crippen LogP contribution in [-0.4, -0.2) is 21.1 Å². The first-order chi connectivity index (χ1) is 14.4. The van der Waals surface area contributed by atoms with Crippen LogP contribution in [-0.2, 0) is 21.6 Å². The molecule has 0 saturated heterocycles. The molecule has 0 N–H and O–H groups in total. The fourth-order valence-corrected chi connectivity index (χ4v) is 6.48. The lowest BCUT2D eigenvalue weighted by Gasteiger charge is -2.42. The fraction of sp³-hybridized carbons (Fsp3) is 0.429. The molecule has 1 heterocycles. The fourth-order valence-electron chi connectivity index (χ4n) is 4.92. The molecule has 168 valence electrons. The van der Waals surface area contributed by atoms with Crippen LogP contribution in [0.1, 0.15) is 36.8 Å². The Morgan fingerprint density at radius 1 is 0.903 bits per heavy atom. The number of para-hydroxylation sites is 1. The summed E-state index contributed by atoms with van der Waals surface area (Å²) in [4.78, 5) is -0.397. The Hall–Kier alpha value is -2.23. The van der Waals surface area contributed by atoms with E-state index < -0.39 is 44.2 Å². The van der Waals surface area contributed by atoms with E-state index in [-0.39, 0.29) is 25.1 Å². The molecule has 10 heteroatoms. The zero-order valence-electron chi connectivity index (χ0n) is 16.2. The molecule has 1 aliphatic carbocycles. The molecule has 0 aromatic heterocycles. The second kappa shape index (κ2) is 7.15. The molecule has 2 aromatic rings. The van der Waals surface area contributed by atoms with Gasteiger partial charge in [0.1, 0.15) is 0 Å². The van der Waals surface area contributed by atoms with Crippen LogP contribution < -0.4 is 4.31 Å². The van der Waals surface area contributed by atoms with Gasteiger partial charge in [0.05, 0.1) is 22.1 Å². The van der Waals surface area contributed by atoms with E-state index >= 15 is 0 Å². The normalized spacial score (nSPS) is 24.5. The van der Waals surface area contributed by atoms with Gasteiger partial charge in [-0.2, -0.15) is 26.3 Å². The summed E-state index contributed by atoms with van der Waals surface area (Å²) in [6.07, 6.45) is -8.09. The molecule has 1 spiro atoms. The number of alkyl halides is 6. The summed E-state index contributed by atoms with van der Waals surface area (Å²) in [6, 6.07) is 9.10. The highest BCUT2D eigenvalue weighted by molar-refractivity contribution is 7.92. The highest BCUT2D eigenvalue weighted by Gasteiger charge is 2.60. The van der Waals surface area contributed by atoms with Crippen molar-refractivity contribution in [2.24, 2.45) is 5.92 Å². The summed E-state index contributed by atoms with van der Waals surface area (Å²) in [7, 11) is -4.36. The predicted molar refractivity (Wildman–Crippen MR) is 102 cm³/mol. The van der Waals surface area contributed by atoms with Crippen molar-refractivity contribution in [1.29, 1.82) is 0 Å². The average Bonchev–Trinajstić information content (AvgIpc) is 3.02. The van der Waals surface area contributed by atoms with E-state index in [0.717, 1.165) is 16.4 Å². The number of sulfonamides is 1. The van der Waals surface area contributed by atoms with E-state index in [4.69, 9.17) is 0 Å². The van der Waals surface area contributed by atoms with Crippen molar-refractivity contribution in [1.82, 2.24) is 0 Å². The molecular weight excluding hydrogens is 444 g/mol. The minimum Gasteiger partial charge on any atom is -0.265 e. The summed E-state index contributed by atoms with van der Waals surface area (Å²) < 4.78 is 108. The SMILES string of the molecule is O=S(=O)(c1ccc(C(F)(F)F)cc1)N1CC2(CCCCC2C(F)(F)F)c2ccccc21. The van der Waals surface area contributed by atoms with Crippen LogP contribution in [0.4, 0.5) is 32.0 Å². The van der Waals surface area contributed by atoms with Crippen LogP contribution in [0.25, 0.3) is 0 Å². The maximum Gasteiger partial charge on any atom is 0.416 e. The van der Waals surface area contributed by atoms with Crippen LogP contribution in [0, 0.1) is 5.92 Å². The first-order valence-corrected chi connectivity index (χ1v) is 11.2. The third-order valence-electron chi connectivity index (χ3n) is 6.33. The average molecular weight is 463 g/mol. The molecule has 1 fully saturated rings. The predicted octanol–water partition coefficient (Wildman–Crippen LogP) is 5.90. The Morgan fingerprint density at radius 2 is 1.55 bits per heavy atom. The molecular formula is C21H19F6NO2S.